The molecule has 4 nitrogen and oxygen atoms in total. The van der Waals surface area contributed by atoms with Crippen LogP contribution in [0.25, 0.3) is 0 Å². The Balaban J connectivity index is -0.000000773. The van der Waals surface area contributed by atoms with Crippen molar-refractivity contribution >= 4 is 41.1 Å². The molecular formula is C52H81Cl2FO4. The molecule has 0 aliphatic heterocycles. The molecule has 7 heteroatoms. The summed E-state index contributed by atoms with van der Waals surface area (Å²) in [5.41, 5.74) is 6.20. The standard InChI is InChI=1S/C20H29ClO2.C17H18ClF.C6H14.C5H10O.C2H4O.C2H6/c1-7-14(4)12-15(5)18-13-17(21)10-11-19(18)23-20(8-2,9-3)16(6)22;1-4-15(16-8-6-13(18)9-12(16)3)17-10-14(19)7-5-11(17)2;1-4-5-6(2)3;1-4(2)5(3)6;1-2-3;1-2/h7,10-11,13,15H,8-9,12H2,1-6H3;5-10,15H,4H2,1-3H3;6H,4-5H2,1-3H3;4H,1-3H3;2H,1H3;1-2H3/b14-7+;;;;;. The summed E-state index contributed by atoms with van der Waals surface area (Å²) in [7, 11) is 0. The van der Waals surface area contributed by atoms with E-state index in [1.165, 1.54) is 37.0 Å². The number of carbonyl (C=O) groups is 3. The van der Waals surface area contributed by atoms with Gasteiger partial charge in [-0.3, -0.25) is 9.59 Å². The molecule has 334 valence electrons. The highest BCUT2D eigenvalue weighted by molar-refractivity contribution is 6.31. The Bertz CT molecular complexity index is 1660. The molecule has 0 fully saturated rings. The molecule has 3 aromatic carbocycles. The van der Waals surface area contributed by atoms with Crippen molar-refractivity contribution < 1.29 is 23.5 Å². The lowest BCUT2D eigenvalue weighted by molar-refractivity contribution is -0.133. The van der Waals surface area contributed by atoms with Gasteiger partial charge >= 0.3 is 0 Å². The minimum Gasteiger partial charge on any atom is -0.479 e. The lowest BCUT2D eigenvalue weighted by Gasteiger charge is -2.32. The van der Waals surface area contributed by atoms with E-state index in [-0.39, 0.29) is 35.1 Å². The molecule has 0 spiro atoms. The van der Waals surface area contributed by atoms with Crippen LogP contribution < -0.4 is 4.74 Å². The van der Waals surface area contributed by atoms with Crippen LogP contribution in [0, 0.1) is 31.5 Å². The van der Waals surface area contributed by atoms with E-state index in [1.54, 1.807) is 19.9 Å². The van der Waals surface area contributed by atoms with Crippen LogP contribution in [0.5, 0.6) is 5.75 Å². The van der Waals surface area contributed by atoms with Crippen LogP contribution >= 0.6 is 23.2 Å². The zero-order chi connectivity index (χ0) is 46.5. The van der Waals surface area contributed by atoms with Gasteiger partial charge in [0.1, 0.15) is 23.6 Å². The summed E-state index contributed by atoms with van der Waals surface area (Å²) in [5, 5.41) is 1.44. The maximum Gasteiger partial charge on any atom is 0.173 e. The molecule has 0 bridgehead atoms. The molecule has 0 aromatic heterocycles. The summed E-state index contributed by atoms with van der Waals surface area (Å²) in [5.74, 6) is 2.53. The number of allylic oxidation sites excluding steroid dienone is 2. The van der Waals surface area contributed by atoms with E-state index < -0.39 is 5.60 Å². The summed E-state index contributed by atoms with van der Waals surface area (Å²) < 4.78 is 19.8. The van der Waals surface area contributed by atoms with Crippen molar-refractivity contribution in [3.63, 3.8) is 0 Å². The van der Waals surface area contributed by atoms with Gasteiger partial charge in [-0.05, 0) is 156 Å². The molecule has 3 rings (SSSR count). The quantitative estimate of drug-likeness (QED) is 0.120. The highest BCUT2D eigenvalue weighted by atomic mass is 35.5. The zero-order valence-electron chi connectivity index (χ0n) is 40.2. The molecule has 0 saturated heterocycles. The fraction of sp³-hybridized carbons (Fsp3) is 0.558. The van der Waals surface area contributed by atoms with Crippen molar-refractivity contribution in [3.8, 4) is 5.75 Å². The summed E-state index contributed by atoms with van der Waals surface area (Å²) in [4.78, 5) is 31.1. The number of rotatable bonds is 14. The van der Waals surface area contributed by atoms with E-state index >= 15 is 0 Å². The van der Waals surface area contributed by atoms with Crippen molar-refractivity contribution in [2.75, 3.05) is 0 Å². The first kappa shape index (κ1) is 60.0. The zero-order valence-corrected chi connectivity index (χ0v) is 41.7. The first-order valence-corrected chi connectivity index (χ1v) is 22.4. The van der Waals surface area contributed by atoms with Gasteiger partial charge < -0.3 is 9.53 Å². The minimum atomic E-state index is -0.752. The lowest BCUT2D eigenvalue weighted by Crippen LogP contribution is -2.42. The van der Waals surface area contributed by atoms with E-state index in [2.05, 4.69) is 60.6 Å². The highest BCUT2D eigenvalue weighted by Crippen LogP contribution is 2.37. The van der Waals surface area contributed by atoms with Crippen LogP contribution in [-0.4, -0.2) is 23.5 Å². The average Bonchev–Trinajstić information content (AvgIpc) is 3.18. The monoisotopic (exact) mass is 859 g/mol. The molecule has 0 heterocycles. The van der Waals surface area contributed by atoms with Gasteiger partial charge in [-0.15, -0.1) is 0 Å². The third kappa shape index (κ3) is 23.9. The Hall–Kier alpha value is -3.28. The minimum absolute atomic E-state index is 0.0701. The Morgan fingerprint density at radius 3 is 1.66 bits per heavy atom. The maximum atomic E-state index is 13.5. The Morgan fingerprint density at radius 2 is 1.27 bits per heavy atom. The van der Waals surface area contributed by atoms with Gasteiger partial charge in [0.05, 0.1) is 0 Å². The first-order valence-electron chi connectivity index (χ1n) is 21.7. The van der Waals surface area contributed by atoms with Gasteiger partial charge in [0.2, 0.25) is 0 Å². The third-order valence-corrected chi connectivity index (χ3v) is 10.5. The number of Topliss-reactive ketones (excluding diaryl/α,β-unsaturated/α-hetero) is 2. The number of hydrogen-bond donors (Lipinski definition) is 0. The van der Waals surface area contributed by atoms with Crippen molar-refractivity contribution in [1.82, 2.24) is 0 Å². The molecule has 0 N–H and O–H groups in total. The van der Waals surface area contributed by atoms with E-state index in [0.29, 0.717) is 17.9 Å². The number of halogens is 3. The van der Waals surface area contributed by atoms with Crippen LogP contribution in [0.3, 0.4) is 0 Å². The van der Waals surface area contributed by atoms with Crippen LogP contribution in [0.2, 0.25) is 10.0 Å². The average molecular weight is 860 g/mol. The molecule has 0 aliphatic rings. The fourth-order valence-electron chi connectivity index (χ4n) is 6.08. The van der Waals surface area contributed by atoms with Crippen molar-refractivity contribution in [2.45, 2.75) is 181 Å². The SMILES string of the molecule is C/C=C(\C)CC(C)c1cc(Cl)ccc1OC(CC)(CC)C(C)=O.CC.CC(=O)C(C)C.CC=O.CCC(c1ccc(Cl)cc1C)c1cc(F)ccc1C.CCCC(C)C. The number of ketones is 2. The predicted molar refractivity (Wildman–Crippen MR) is 256 cm³/mol. The number of ether oxygens (including phenoxy) is 1. The first-order chi connectivity index (χ1) is 27.6. The number of carbonyl (C=O) groups excluding carboxylic acids is 3. The van der Waals surface area contributed by atoms with Crippen molar-refractivity contribution in [3.05, 3.63) is 110 Å². The molecule has 2 atom stereocenters. The summed E-state index contributed by atoms with van der Waals surface area (Å²) >= 11 is 12.2. The maximum absolute atomic E-state index is 13.5. The van der Waals surface area contributed by atoms with Crippen molar-refractivity contribution in [2.24, 2.45) is 11.8 Å². The molecule has 3 aromatic rings. The van der Waals surface area contributed by atoms with E-state index in [1.807, 2.05) is 91.8 Å². The van der Waals surface area contributed by atoms with Gasteiger partial charge in [-0.25, -0.2) is 4.39 Å². The molecule has 0 amide bonds. The fourth-order valence-corrected chi connectivity index (χ4v) is 6.49. The number of aldehydes is 1. The second-order valence-electron chi connectivity index (χ2n) is 15.4. The van der Waals surface area contributed by atoms with E-state index in [4.69, 9.17) is 32.7 Å². The van der Waals surface area contributed by atoms with Gasteiger partial charge in [0.15, 0.2) is 11.4 Å². The normalized spacial score (nSPS) is 11.7. The molecule has 0 saturated carbocycles. The molecule has 59 heavy (non-hydrogen) atoms. The predicted octanol–water partition coefficient (Wildman–Crippen LogP) is 16.9. The van der Waals surface area contributed by atoms with Crippen molar-refractivity contribution in [1.29, 1.82) is 0 Å². The van der Waals surface area contributed by atoms with Gasteiger partial charge in [-0.1, -0.05) is 136 Å². The van der Waals surface area contributed by atoms with E-state index in [9.17, 15) is 14.0 Å². The largest absolute Gasteiger partial charge is 0.479 e. The second-order valence-corrected chi connectivity index (χ2v) is 16.3. The smallest absolute Gasteiger partial charge is 0.173 e. The number of hydrogen-bond acceptors (Lipinski definition) is 4. The van der Waals surface area contributed by atoms with Gasteiger partial charge in [0, 0.05) is 21.9 Å². The second kappa shape index (κ2) is 33.4. The summed E-state index contributed by atoms with van der Waals surface area (Å²) in [6.45, 7) is 35.7. The van der Waals surface area contributed by atoms with Crippen LogP contribution in [0.4, 0.5) is 4.39 Å². The molecule has 0 aliphatic carbocycles. The number of benzene rings is 3. The summed E-state index contributed by atoms with van der Waals surface area (Å²) in [6, 6.07) is 16.6. The van der Waals surface area contributed by atoms with Crippen LogP contribution in [0.15, 0.2) is 66.2 Å². The molecular weight excluding hydrogens is 778 g/mol. The number of aryl methyl sites for hydroxylation is 2. The Kier molecular flexibility index (Phi) is 34.0. The van der Waals surface area contributed by atoms with Gasteiger partial charge in [-0.2, -0.15) is 0 Å². The highest BCUT2D eigenvalue weighted by Gasteiger charge is 2.35. The topological polar surface area (TPSA) is 60.4 Å². The summed E-state index contributed by atoms with van der Waals surface area (Å²) in [6.07, 6.45) is 8.77. The molecule has 0 radical (unpaired) electrons. The van der Waals surface area contributed by atoms with Gasteiger partial charge in [0.25, 0.3) is 0 Å². The Labute approximate surface area is 371 Å². The Morgan fingerprint density at radius 1 is 0.763 bits per heavy atom. The lowest BCUT2D eigenvalue weighted by atomic mass is 9.84. The third-order valence-electron chi connectivity index (χ3n) is 10.0. The van der Waals surface area contributed by atoms with Crippen LogP contribution in [0.1, 0.15) is 189 Å². The molecule has 2 unspecified atom stereocenters. The van der Waals surface area contributed by atoms with E-state index in [0.717, 1.165) is 58.1 Å². The van der Waals surface area contributed by atoms with Crippen LogP contribution in [-0.2, 0) is 14.4 Å².